The number of rotatable bonds is 2. The minimum absolute atomic E-state index is 0.0178. The first-order valence-electron chi connectivity index (χ1n) is 5.32. The van der Waals surface area contributed by atoms with E-state index in [4.69, 9.17) is 20.3 Å². The summed E-state index contributed by atoms with van der Waals surface area (Å²) in [6, 6.07) is 0.937. The van der Waals surface area contributed by atoms with Crippen molar-refractivity contribution in [2.24, 2.45) is 5.73 Å². The van der Waals surface area contributed by atoms with Gasteiger partial charge in [0.2, 0.25) is 0 Å². The third-order valence-corrected chi connectivity index (χ3v) is 3.17. The maximum absolute atomic E-state index is 9.97. The van der Waals surface area contributed by atoms with Gasteiger partial charge in [-0.25, -0.2) is 0 Å². The predicted octanol–water partition coefficient (Wildman–Crippen LogP) is 1.31. The zero-order chi connectivity index (χ0) is 12.4. The summed E-state index contributed by atoms with van der Waals surface area (Å²) in [4.78, 5) is 0. The molecule has 2 rings (SSSR count). The van der Waals surface area contributed by atoms with E-state index >= 15 is 0 Å². The zero-order valence-corrected chi connectivity index (χ0v) is 10.7. The van der Waals surface area contributed by atoms with E-state index in [0.29, 0.717) is 34.7 Å². The van der Waals surface area contributed by atoms with E-state index in [1.165, 1.54) is 0 Å². The molecule has 1 aliphatic rings. The van der Waals surface area contributed by atoms with Crippen molar-refractivity contribution in [3.8, 4) is 17.2 Å². The molecule has 0 fully saturated rings. The van der Waals surface area contributed by atoms with Crippen molar-refractivity contribution in [2.45, 2.75) is 12.5 Å². The van der Waals surface area contributed by atoms with E-state index in [0.717, 1.165) is 6.42 Å². The number of ether oxygens (including phenoxy) is 2. The Morgan fingerprint density at radius 3 is 2.82 bits per heavy atom. The number of aliphatic hydroxyl groups is 1. The first-order valence-corrected chi connectivity index (χ1v) is 6.12. The van der Waals surface area contributed by atoms with Gasteiger partial charge in [-0.15, -0.1) is 0 Å². The molecular weight excluding hydrogens is 290 g/mol. The van der Waals surface area contributed by atoms with Gasteiger partial charge in [-0.05, 0) is 15.9 Å². The Labute approximate surface area is 107 Å². The average molecular weight is 304 g/mol. The van der Waals surface area contributed by atoms with Crippen molar-refractivity contribution in [3.05, 3.63) is 16.1 Å². The number of hydrogen-bond donors (Lipinski definition) is 3. The van der Waals surface area contributed by atoms with Crippen LogP contribution in [0.5, 0.6) is 17.2 Å². The first kappa shape index (κ1) is 12.5. The van der Waals surface area contributed by atoms with E-state index in [9.17, 15) is 5.11 Å². The standard InChI is InChI=1S/C11H14BrNO4/c12-6-4-8-11(17-3-1-2-16-8)9(10(6)15)7(13)5-14/h4,7,14-15H,1-3,5,13H2. The van der Waals surface area contributed by atoms with E-state index in [-0.39, 0.29) is 12.4 Å². The third kappa shape index (κ3) is 2.34. The molecule has 17 heavy (non-hydrogen) atoms. The number of phenols is 1. The molecule has 1 atom stereocenters. The van der Waals surface area contributed by atoms with Gasteiger partial charge in [0.25, 0.3) is 0 Å². The minimum Gasteiger partial charge on any atom is -0.506 e. The molecule has 0 aromatic heterocycles. The summed E-state index contributed by atoms with van der Waals surface area (Å²) in [5.74, 6) is 0.937. The monoisotopic (exact) mass is 303 g/mol. The fraction of sp³-hybridized carbons (Fsp3) is 0.455. The van der Waals surface area contributed by atoms with Crippen LogP contribution in [0.25, 0.3) is 0 Å². The van der Waals surface area contributed by atoms with Gasteiger partial charge >= 0.3 is 0 Å². The Kier molecular flexibility index (Phi) is 3.76. The van der Waals surface area contributed by atoms with Gasteiger partial charge in [0, 0.05) is 12.5 Å². The van der Waals surface area contributed by atoms with Gasteiger partial charge in [0.15, 0.2) is 11.5 Å². The van der Waals surface area contributed by atoms with Crippen molar-refractivity contribution in [1.82, 2.24) is 0 Å². The third-order valence-electron chi connectivity index (χ3n) is 2.57. The molecule has 0 aliphatic carbocycles. The second-order valence-corrected chi connectivity index (χ2v) is 4.64. The van der Waals surface area contributed by atoms with Crippen LogP contribution in [0.15, 0.2) is 10.5 Å². The molecule has 0 spiro atoms. The smallest absolute Gasteiger partial charge is 0.169 e. The second kappa shape index (κ2) is 5.12. The van der Waals surface area contributed by atoms with Crippen LogP contribution in [-0.2, 0) is 0 Å². The molecule has 1 heterocycles. The van der Waals surface area contributed by atoms with Gasteiger partial charge in [-0.1, -0.05) is 0 Å². The van der Waals surface area contributed by atoms with Crippen molar-refractivity contribution in [2.75, 3.05) is 19.8 Å². The summed E-state index contributed by atoms with van der Waals surface area (Å²) >= 11 is 3.23. The van der Waals surface area contributed by atoms with Crippen molar-refractivity contribution >= 4 is 15.9 Å². The molecule has 0 radical (unpaired) electrons. The highest BCUT2D eigenvalue weighted by molar-refractivity contribution is 9.10. The van der Waals surface area contributed by atoms with Crippen LogP contribution in [0, 0.1) is 0 Å². The quantitative estimate of drug-likeness (QED) is 0.767. The Morgan fingerprint density at radius 2 is 2.12 bits per heavy atom. The first-order chi connectivity index (χ1) is 8.15. The lowest BCUT2D eigenvalue weighted by Crippen LogP contribution is -2.16. The normalized spacial score (nSPS) is 16.4. The number of halogens is 1. The fourth-order valence-corrected chi connectivity index (χ4v) is 2.15. The zero-order valence-electron chi connectivity index (χ0n) is 9.15. The predicted molar refractivity (Wildman–Crippen MR) is 65.4 cm³/mol. The Balaban J connectivity index is 2.57. The highest BCUT2D eigenvalue weighted by Gasteiger charge is 2.24. The molecule has 1 unspecified atom stereocenters. The summed E-state index contributed by atoms with van der Waals surface area (Å²) in [5, 5.41) is 19.1. The Morgan fingerprint density at radius 1 is 1.41 bits per heavy atom. The molecule has 5 nitrogen and oxygen atoms in total. The van der Waals surface area contributed by atoms with Crippen molar-refractivity contribution in [3.63, 3.8) is 0 Å². The number of hydrogen-bond acceptors (Lipinski definition) is 5. The molecule has 0 saturated heterocycles. The number of aliphatic hydroxyl groups excluding tert-OH is 1. The summed E-state index contributed by atoms with van der Waals surface area (Å²) in [5.41, 5.74) is 6.15. The van der Waals surface area contributed by atoms with Crippen LogP contribution in [0.3, 0.4) is 0 Å². The Hall–Kier alpha value is -0.980. The van der Waals surface area contributed by atoms with E-state index < -0.39 is 6.04 Å². The molecule has 1 aliphatic heterocycles. The number of phenolic OH excluding ortho intramolecular Hbond substituents is 1. The van der Waals surface area contributed by atoms with Gasteiger partial charge in [0.05, 0.1) is 35.9 Å². The minimum atomic E-state index is -0.706. The second-order valence-electron chi connectivity index (χ2n) is 3.79. The number of nitrogens with two attached hydrogens (primary N) is 1. The van der Waals surface area contributed by atoms with Gasteiger partial charge in [-0.3, -0.25) is 0 Å². The molecule has 0 bridgehead atoms. The average Bonchev–Trinajstić information content (AvgIpc) is 2.55. The Bertz CT molecular complexity index is 424. The van der Waals surface area contributed by atoms with E-state index in [1.54, 1.807) is 6.07 Å². The fourth-order valence-electron chi connectivity index (χ4n) is 1.72. The van der Waals surface area contributed by atoms with Crippen molar-refractivity contribution < 1.29 is 19.7 Å². The van der Waals surface area contributed by atoms with Crippen LogP contribution >= 0.6 is 15.9 Å². The highest BCUT2D eigenvalue weighted by Crippen LogP contribution is 2.45. The lowest BCUT2D eigenvalue weighted by atomic mass is 10.1. The number of aromatic hydroxyl groups is 1. The van der Waals surface area contributed by atoms with Crippen LogP contribution in [0.2, 0.25) is 0 Å². The number of fused-ring (bicyclic) bond motifs is 1. The largest absolute Gasteiger partial charge is 0.506 e. The highest BCUT2D eigenvalue weighted by atomic mass is 79.9. The van der Waals surface area contributed by atoms with Gasteiger partial charge in [0.1, 0.15) is 5.75 Å². The van der Waals surface area contributed by atoms with Crippen LogP contribution < -0.4 is 15.2 Å². The maximum atomic E-state index is 9.97. The maximum Gasteiger partial charge on any atom is 0.169 e. The number of benzene rings is 1. The van der Waals surface area contributed by atoms with Gasteiger partial charge < -0.3 is 25.4 Å². The van der Waals surface area contributed by atoms with E-state index in [1.807, 2.05) is 0 Å². The van der Waals surface area contributed by atoms with Gasteiger partial charge in [-0.2, -0.15) is 0 Å². The molecule has 1 aromatic rings. The lowest BCUT2D eigenvalue weighted by molar-refractivity contribution is 0.256. The molecule has 0 amide bonds. The van der Waals surface area contributed by atoms with Crippen LogP contribution in [0.4, 0.5) is 0 Å². The van der Waals surface area contributed by atoms with E-state index in [2.05, 4.69) is 15.9 Å². The summed E-state index contributed by atoms with van der Waals surface area (Å²) in [6.45, 7) is 0.775. The molecule has 4 N–H and O–H groups in total. The summed E-state index contributed by atoms with van der Waals surface area (Å²) in [6.07, 6.45) is 0.765. The summed E-state index contributed by atoms with van der Waals surface area (Å²) in [7, 11) is 0. The molecular formula is C11H14BrNO4. The molecule has 94 valence electrons. The molecule has 6 heteroatoms. The van der Waals surface area contributed by atoms with Crippen LogP contribution in [0.1, 0.15) is 18.0 Å². The topological polar surface area (TPSA) is 84.9 Å². The van der Waals surface area contributed by atoms with Crippen LogP contribution in [-0.4, -0.2) is 30.0 Å². The molecule has 1 aromatic carbocycles. The molecule has 0 saturated carbocycles. The summed E-state index contributed by atoms with van der Waals surface area (Å²) < 4.78 is 11.5. The SMILES string of the molecule is NC(CO)c1c(O)c(Br)cc2c1OCCCO2. The lowest BCUT2D eigenvalue weighted by Gasteiger charge is -2.18. The van der Waals surface area contributed by atoms with Crippen molar-refractivity contribution in [1.29, 1.82) is 0 Å².